The molecule has 1 heterocycles. The van der Waals surface area contributed by atoms with Gasteiger partial charge in [0.1, 0.15) is 6.67 Å². The number of rotatable bonds is 3. The summed E-state index contributed by atoms with van der Waals surface area (Å²) in [6.07, 6.45) is 0.826. The van der Waals surface area contributed by atoms with E-state index >= 15 is 0 Å². The van der Waals surface area contributed by atoms with Gasteiger partial charge in [0, 0.05) is 12.3 Å². The van der Waals surface area contributed by atoms with Gasteiger partial charge in [-0.25, -0.2) is 0 Å². The van der Waals surface area contributed by atoms with E-state index in [9.17, 15) is 5.21 Å². The number of nitrogens with one attached hydrogen (secondary N) is 1. The van der Waals surface area contributed by atoms with Crippen LogP contribution < -0.4 is 5.32 Å². The molecule has 0 aromatic rings. The fourth-order valence-electron chi connectivity index (χ4n) is 1.18. The van der Waals surface area contributed by atoms with E-state index in [1.807, 2.05) is 0 Å². The van der Waals surface area contributed by atoms with Gasteiger partial charge >= 0.3 is 0 Å². The standard InChI is InChI=1S/C6H13ClN2O/c7-2-1-4-9(10)5-3-8-6-9/h8H,1-6H2. The first-order chi connectivity index (χ1) is 4.77. The normalized spacial score (nSPS) is 33.0. The van der Waals surface area contributed by atoms with Gasteiger partial charge in [-0.3, -0.25) is 5.32 Å². The maximum absolute atomic E-state index is 11.5. The minimum atomic E-state index is -0.0906. The first-order valence-electron chi connectivity index (χ1n) is 3.61. The molecule has 1 fully saturated rings. The molecule has 0 aromatic carbocycles. The van der Waals surface area contributed by atoms with Crippen molar-refractivity contribution >= 4 is 11.6 Å². The van der Waals surface area contributed by atoms with Crippen LogP contribution in [0.1, 0.15) is 6.42 Å². The van der Waals surface area contributed by atoms with Crippen molar-refractivity contribution in [1.29, 1.82) is 0 Å². The minimum Gasteiger partial charge on any atom is -0.632 e. The van der Waals surface area contributed by atoms with Crippen LogP contribution in [-0.2, 0) is 0 Å². The molecule has 0 aromatic heterocycles. The summed E-state index contributed by atoms with van der Waals surface area (Å²) in [6, 6.07) is 0. The molecule has 3 nitrogen and oxygen atoms in total. The SMILES string of the molecule is [O-][N+]1(CCCCl)CCNC1. The Bertz CT molecular complexity index is 104. The van der Waals surface area contributed by atoms with Gasteiger partial charge < -0.3 is 9.85 Å². The van der Waals surface area contributed by atoms with Gasteiger partial charge in [-0.15, -0.1) is 11.6 Å². The molecule has 4 heteroatoms. The van der Waals surface area contributed by atoms with Crippen molar-refractivity contribution in [3.63, 3.8) is 0 Å². The monoisotopic (exact) mass is 164 g/mol. The van der Waals surface area contributed by atoms with Gasteiger partial charge in [-0.05, 0) is 0 Å². The highest BCUT2D eigenvalue weighted by molar-refractivity contribution is 6.17. The molecule has 0 spiro atoms. The van der Waals surface area contributed by atoms with Gasteiger partial charge in [0.2, 0.25) is 0 Å². The van der Waals surface area contributed by atoms with Gasteiger partial charge in [0.25, 0.3) is 0 Å². The predicted molar refractivity (Wildman–Crippen MR) is 41.6 cm³/mol. The summed E-state index contributed by atoms with van der Waals surface area (Å²) in [7, 11) is 0. The average Bonchev–Trinajstić information content (AvgIpc) is 2.33. The van der Waals surface area contributed by atoms with E-state index in [1.54, 1.807) is 0 Å². The molecule has 0 aliphatic carbocycles. The highest BCUT2D eigenvalue weighted by Gasteiger charge is 2.20. The van der Waals surface area contributed by atoms with E-state index in [1.165, 1.54) is 0 Å². The van der Waals surface area contributed by atoms with Crippen LogP contribution in [0.15, 0.2) is 0 Å². The maximum Gasteiger partial charge on any atom is 0.132 e. The van der Waals surface area contributed by atoms with E-state index in [0.29, 0.717) is 25.6 Å². The molecule has 60 valence electrons. The van der Waals surface area contributed by atoms with E-state index in [-0.39, 0.29) is 4.65 Å². The van der Waals surface area contributed by atoms with Crippen LogP contribution in [0.4, 0.5) is 0 Å². The molecular weight excluding hydrogens is 152 g/mol. The molecular formula is C6H13ClN2O. The fourth-order valence-corrected chi connectivity index (χ4v) is 1.30. The Morgan fingerprint density at radius 3 is 2.90 bits per heavy atom. The Morgan fingerprint density at radius 2 is 2.40 bits per heavy atom. The maximum atomic E-state index is 11.5. The molecule has 1 rings (SSSR count). The van der Waals surface area contributed by atoms with Crippen LogP contribution in [-0.4, -0.2) is 36.8 Å². The van der Waals surface area contributed by atoms with Gasteiger partial charge in [0.15, 0.2) is 0 Å². The summed E-state index contributed by atoms with van der Waals surface area (Å²) in [6.45, 7) is 2.79. The predicted octanol–water partition coefficient (Wildman–Crippen LogP) is 0.491. The summed E-state index contributed by atoms with van der Waals surface area (Å²) < 4.78 is -0.0906. The Morgan fingerprint density at radius 1 is 1.60 bits per heavy atom. The lowest BCUT2D eigenvalue weighted by Gasteiger charge is -2.37. The number of hydrogen-bond acceptors (Lipinski definition) is 2. The lowest BCUT2D eigenvalue weighted by atomic mass is 10.4. The van der Waals surface area contributed by atoms with E-state index in [0.717, 1.165) is 13.0 Å². The second-order valence-corrected chi connectivity index (χ2v) is 3.08. The summed E-state index contributed by atoms with van der Waals surface area (Å²) in [4.78, 5) is 0. The topological polar surface area (TPSA) is 35.1 Å². The van der Waals surface area contributed by atoms with Gasteiger partial charge in [0.05, 0.1) is 19.6 Å². The number of halogens is 1. The van der Waals surface area contributed by atoms with E-state index in [2.05, 4.69) is 5.32 Å². The highest BCUT2D eigenvalue weighted by atomic mass is 35.5. The fraction of sp³-hybridized carbons (Fsp3) is 1.00. The second-order valence-electron chi connectivity index (χ2n) is 2.71. The summed E-state index contributed by atoms with van der Waals surface area (Å²) >= 11 is 5.47. The summed E-state index contributed by atoms with van der Waals surface area (Å²) in [5, 5.41) is 14.5. The van der Waals surface area contributed by atoms with Gasteiger partial charge in [-0.1, -0.05) is 0 Å². The summed E-state index contributed by atoms with van der Waals surface area (Å²) in [5.41, 5.74) is 0. The molecule has 1 unspecified atom stereocenters. The molecule has 1 saturated heterocycles. The Hall–Kier alpha value is 0.170. The van der Waals surface area contributed by atoms with Crippen LogP contribution in [0.5, 0.6) is 0 Å². The van der Waals surface area contributed by atoms with Crippen LogP contribution >= 0.6 is 11.6 Å². The summed E-state index contributed by atoms with van der Waals surface area (Å²) in [5.74, 6) is 0.599. The first kappa shape index (κ1) is 8.27. The van der Waals surface area contributed by atoms with Crippen LogP contribution in [0, 0.1) is 5.21 Å². The smallest absolute Gasteiger partial charge is 0.132 e. The molecule has 1 aliphatic rings. The zero-order valence-electron chi connectivity index (χ0n) is 5.98. The zero-order valence-corrected chi connectivity index (χ0v) is 6.73. The van der Waals surface area contributed by atoms with Crippen LogP contribution in [0.2, 0.25) is 0 Å². The number of quaternary nitrogens is 1. The molecule has 0 radical (unpaired) electrons. The Labute approximate surface area is 66.1 Å². The largest absolute Gasteiger partial charge is 0.632 e. The lowest BCUT2D eigenvalue weighted by Crippen LogP contribution is -2.41. The van der Waals surface area contributed by atoms with Crippen molar-refractivity contribution in [1.82, 2.24) is 5.32 Å². The third kappa shape index (κ3) is 2.09. The molecule has 10 heavy (non-hydrogen) atoms. The van der Waals surface area contributed by atoms with Crippen LogP contribution in [0.3, 0.4) is 0 Å². The molecule has 0 saturated carbocycles. The van der Waals surface area contributed by atoms with E-state index < -0.39 is 0 Å². The number of nitrogens with zero attached hydrogens (tertiary/aromatic N) is 1. The molecule has 1 aliphatic heterocycles. The van der Waals surface area contributed by atoms with Crippen molar-refractivity contribution in [3.8, 4) is 0 Å². The Kier molecular flexibility index (Phi) is 2.92. The van der Waals surface area contributed by atoms with Gasteiger partial charge in [-0.2, -0.15) is 0 Å². The Balaban J connectivity index is 2.22. The average molecular weight is 165 g/mol. The highest BCUT2D eigenvalue weighted by Crippen LogP contribution is 2.07. The second kappa shape index (κ2) is 3.53. The zero-order chi connectivity index (χ0) is 7.45. The molecule has 0 amide bonds. The number of alkyl halides is 1. The van der Waals surface area contributed by atoms with Crippen molar-refractivity contribution in [2.75, 3.05) is 32.2 Å². The first-order valence-corrected chi connectivity index (χ1v) is 4.14. The van der Waals surface area contributed by atoms with Crippen molar-refractivity contribution < 1.29 is 4.65 Å². The van der Waals surface area contributed by atoms with Crippen molar-refractivity contribution in [3.05, 3.63) is 5.21 Å². The minimum absolute atomic E-state index is 0.0906. The quantitative estimate of drug-likeness (QED) is 0.375. The third-order valence-corrected chi connectivity index (χ3v) is 2.06. The van der Waals surface area contributed by atoms with Crippen molar-refractivity contribution in [2.45, 2.75) is 6.42 Å². The molecule has 1 atom stereocenters. The lowest BCUT2D eigenvalue weighted by molar-refractivity contribution is -0.868. The number of hydrogen-bond donors (Lipinski definition) is 1. The number of hydroxylamine groups is 3. The van der Waals surface area contributed by atoms with Crippen LogP contribution in [0.25, 0.3) is 0 Å². The third-order valence-electron chi connectivity index (χ3n) is 1.80. The molecule has 0 bridgehead atoms. The molecule has 1 N–H and O–H groups in total. The van der Waals surface area contributed by atoms with E-state index in [4.69, 9.17) is 11.6 Å². The van der Waals surface area contributed by atoms with Crippen molar-refractivity contribution in [2.24, 2.45) is 0 Å².